The van der Waals surface area contributed by atoms with E-state index in [0.29, 0.717) is 0 Å². The van der Waals surface area contributed by atoms with Gasteiger partial charge in [-0.3, -0.25) is 0 Å². The lowest BCUT2D eigenvalue weighted by atomic mass is 9.76. The minimum Gasteiger partial charge on any atom is -0.479 e. The third-order valence-electron chi connectivity index (χ3n) is 4.73. The van der Waals surface area contributed by atoms with Crippen molar-refractivity contribution in [3.05, 3.63) is 23.4 Å². The van der Waals surface area contributed by atoms with Crippen LogP contribution in [-0.4, -0.2) is 39.9 Å². The van der Waals surface area contributed by atoms with Crippen molar-refractivity contribution in [1.82, 2.24) is 0 Å². The molecule has 0 radical (unpaired) electrons. The Morgan fingerprint density at radius 2 is 1.73 bits per heavy atom. The van der Waals surface area contributed by atoms with Crippen molar-refractivity contribution in [1.29, 1.82) is 0 Å². The Labute approximate surface area is 151 Å². The molecule has 0 saturated heterocycles. The molecular weight excluding hydrogens is 340 g/mol. The topological polar surface area (TPSA) is 133 Å². The molecule has 8 nitrogen and oxygen atoms in total. The molecule has 0 aliphatic heterocycles. The maximum Gasteiger partial charge on any atom is 0.337 e. The van der Waals surface area contributed by atoms with Gasteiger partial charge in [0, 0.05) is 5.92 Å². The van der Waals surface area contributed by atoms with Gasteiger partial charge in [-0.25, -0.2) is 19.2 Å². The zero-order chi connectivity index (χ0) is 19.7. The molecule has 2 rings (SSSR count). The highest BCUT2D eigenvalue weighted by atomic mass is 16.4. The van der Waals surface area contributed by atoms with E-state index >= 15 is 0 Å². The first kappa shape index (κ1) is 21.2. The van der Waals surface area contributed by atoms with E-state index in [9.17, 15) is 19.2 Å². The highest BCUT2D eigenvalue weighted by molar-refractivity contribution is 5.94. The number of hydrogen-bond acceptors (Lipinski definition) is 6. The van der Waals surface area contributed by atoms with Crippen LogP contribution >= 0.6 is 0 Å². The van der Waals surface area contributed by atoms with E-state index in [1.54, 1.807) is 0 Å². The standard InChI is InChI=1S/C11H8N2O6.C7H14/c1-6-8(9(16)17)7(12-4-14)2-3-11(6,10(18)19)13-5-15;1-7-5-3-2-4-6-7/h2-3,6H,1H3,(H,16,17)(H,18,19);7H,2-6H2,1H3. The zero-order valence-electron chi connectivity index (χ0n) is 14.8. The molecule has 1 saturated carbocycles. The molecule has 1 fully saturated rings. The Kier molecular flexibility index (Phi) is 7.84. The van der Waals surface area contributed by atoms with Gasteiger partial charge < -0.3 is 10.2 Å². The molecule has 0 bridgehead atoms. The maximum absolute atomic E-state index is 11.3. The van der Waals surface area contributed by atoms with Crippen molar-refractivity contribution in [2.24, 2.45) is 21.8 Å². The monoisotopic (exact) mass is 362 g/mol. The molecule has 2 atom stereocenters. The summed E-state index contributed by atoms with van der Waals surface area (Å²) >= 11 is 0. The third-order valence-corrected chi connectivity index (χ3v) is 4.73. The number of carbonyl (C=O) groups is 2. The Morgan fingerprint density at radius 3 is 2.12 bits per heavy atom. The number of isocyanates is 2. The van der Waals surface area contributed by atoms with E-state index in [4.69, 9.17) is 10.2 Å². The quantitative estimate of drug-likeness (QED) is 0.583. The Bertz CT molecular complexity index is 703. The van der Waals surface area contributed by atoms with E-state index in [-0.39, 0.29) is 5.70 Å². The van der Waals surface area contributed by atoms with Crippen LogP contribution in [0.3, 0.4) is 0 Å². The van der Waals surface area contributed by atoms with Gasteiger partial charge in [0.1, 0.15) is 0 Å². The van der Waals surface area contributed by atoms with Gasteiger partial charge in [0.05, 0.1) is 11.3 Å². The Balaban J connectivity index is 0.000000401. The van der Waals surface area contributed by atoms with Crippen LogP contribution in [-0.2, 0) is 19.2 Å². The molecule has 0 aromatic rings. The van der Waals surface area contributed by atoms with Gasteiger partial charge in [0.25, 0.3) is 0 Å². The van der Waals surface area contributed by atoms with Crippen LogP contribution in [0.4, 0.5) is 0 Å². The first-order chi connectivity index (χ1) is 12.3. The fourth-order valence-corrected chi connectivity index (χ4v) is 3.14. The van der Waals surface area contributed by atoms with Gasteiger partial charge in [-0.2, -0.15) is 9.98 Å². The normalized spacial score (nSPS) is 25.2. The number of carboxylic acids is 2. The van der Waals surface area contributed by atoms with E-state index in [1.807, 2.05) is 0 Å². The summed E-state index contributed by atoms with van der Waals surface area (Å²) in [6.07, 6.45) is 11.7. The molecule has 140 valence electrons. The first-order valence-electron chi connectivity index (χ1n) is 8.37. The minimum atomic E-state index is -2.07. The van der Waals surface area contributed by atoms with Gasteiger partial charge >= 0.3 is 11.9 Å². The van der Waals surface area contributed by atoms with E-state index in [1.165, 1.54) is 45.1 Å². The number of allylic oxidation sites excluding steroid dienone is 1. The second kappa shape index (κ2) is 9.61. The molecule has 0 amide bonds. The lowest BCUT2D eigenvalue weighted by molar-refractivity contribution is -0.143. The number of nitrogens with zero attached hydrogens (tertiary/aromatic N) is 2. The number of aliphatic carboxylic acids is 2. The van der Waals surface area contributed by atoms with Crippen LogP contribution in [0.25, 0.3) is 0 Å². The van der Waals surface area contributed by atoms with Crippen molar-refractivity contribution in [3.63, 3.8) is 0 Å². The zero-order valence-corrected chi connectivity index (χ0v) is 14.8. The molecule has 0 aromatic carbocycles. The summed E-state index contributed by atoms with van der Waals surface area (Å²) in [5.74, 6) is -3.14. The number of hydrogen-bond donors (Lipinski definition) is 2. The number of aliphatic imine (C=N–C) groups is 2. The predicted molar refractivity (Wildman–Crippen MR) is 91.8 cm³/mol. The number of carbonyl (C=O) groups excluding carboxylic acids is 2. The molecular formula is C18H22N2O6. The molecule has 26 heavy (non-hydrogen) atoms. The van der Waals surface area contributed by atoms with Gasteiger partial charge in [0.15, 0.2) is 5.54 Å². The second-order valence-electron chi connectivity index (χ2n) is 6.44. The lowest BCUT2D eigenvalue weighted by Crippen LogP contribution is -2.45. The predicted octanol–water partition coefficient (Wildman–Crippen LogP) is 2.61. The van der Waals surface area contributed by atoms with Crippen LogP contribution < -0.4 is 0 Å². The van der Waals surface area contributed by atoms with E-state index in [2.05, 4.69) is 16.9 Å². The van der Waals surface area contributed by atoms with Crippen LogP contribution in [0.15, 0.2) is 33.4 Å². The average Bonchev–Trinajstić information content (AvgIpc) is 2.58. The average molecular weight is 362 g/mol. The summed E-state index contributed by atoms with van der Waals surface area (Å²) in [4.78, 5) is 49.4. The summed E-state index contributed by atoms with van der Waals surface area (Å²) in [6, 6.07) is 0. The molecule has 2 aliphatic rings. The van der Waals surface area contributed by atoms with Crippen LogP contribution in [0.1, 0.15) is 46.0 Å². The van der Waals surface area contributed by atoms with Gasteiger partial charge in [-0.1, -0.05) is 46.0 Å². The third kappa shape index (κ3) is 4.85. The van der Waals surface area contributed by atoms with Gasteiger partial charge in [0.2, 0.25) is 12.2 Å². The molecule has 2 N–H and O–H groups in total. The fourth-order valence-electron chi connectivity index (χ4n) is 3.14. The molecule has 8 heteroatoms. The second-order valence-corrected chi connectivity index (χ2v) is 6.44. The first-order valence-corrected chi connectivity index (χ1v) is 8.37. The molecule has 0 aromatic heterocycles. The van der Waals surface area contributed by atoms with E-state index in [0.717, 1.165) is 24.1 Å². The molecule has 0 spiro atoms. The molecule has 2 unspecified atom stereocenters. The Hall–Kier alpha value is -2.82. The maximum atomic E-state index is 11.3. The highest BCUT2D eigenvalue weighted by Gasteiger charge is 2.48. The van der Waals surface area contributed by atoms with E-state index < -0.39 is 29.0 Å². The summed E-state index contributed by atoms with van der Waals surface area (Å²) < 4.78 is 0. The van der Waals surface area contributed by atoms with Crippen molar-refractivity contribution in [3.8, 4) is 0 Å². The number of carboxylic acid groups (broad SMARTS) is 2. The van der Waals surface area contributed by atoms with Crippen LogP contribution in [0.5, 0.6) is 0 Å². The lowest BCUT2D eigenvalue weighted by Gasteiger charge is -2.30. The van der Waals surface area contributed by atoms with Crippen molar-refractivity contribution in [2.75, 3.05) is 0 Å². The fraction of sp³-hybridized carbons (Fsp3) is 0.556. The summed E-state index contributed by atoms with van der Waals surface area (Å²) in [5.41, 5.74) is -2.74. The highest BCUT2D eigenvalue weighted by Crippen LogP contribution is 2.36. The van der Waals surface area contributed by atoms with Crippen molar-refractivity contribution in [2.45, 2.75) is 51.5 Å². The number of rotatable bonds is 4. The molecule has 2 aliphatic carbocycles. The SMILES string of the molecule is CC1C(C(=O)O)=C(N=C=O)C=CC1(N=C=O)C(=O)O.CC1CCCCC1. The summed E-state index contributed by atoms with van der Waals surface area (Å²) in [7, 11) is 0. The van der Waals surface area contributed by atoms with Gasteiger partial charge in [-0.05, 0) is 18.1 Å². The van der Waals surface area contributed by atoms with Crippen LogP contribution in [0, 0.1) is 11.8 Å². The largest absolute Gasteiger partial charge is 0.479 e. The minimum absolute atomic E-state index is 0.229. The van der Waals surface area contributed by atoms with Gasteiger partial charge in [-0.15, -0.1) is 0 Å². The summed E-state index contributed by atoms with van der Waals surface area (Å²) in [5, 5.41) is 18.2. The van der Waals surface area contributed by atoms with Crippen molar-refractivity contribution >= 4 is 24.1 Å². The van der Waals surface area contributed by atoms with Crippen molar-refractivity contribution < 1.29 is 29.4 Å². The smallest absolute Gasteiger partial charge is 0.337 e. The molecule has 0 heterocycles. The Morgan fingerprint density at radius 1 is 1.12 bits per heavy atom. The summed E-state index contributed by atoms with van der Waals surface area (Å²) in [6.45, 7) is 3.61. The van der Waals surface area contributed by atoms with Crippen LogP contribution in [0.2, 0.25) is 0 Å².